The molecule has 3 rings (SSSR count). The number of methoxy groups -OCH3 is 1. The van der Waals surface area contributed by atoms with Gasteiger partial charge in [-0.2, -0.15) is 0 Å². The van der Waals surface area contributed by atoms with Crippen LogP contribution in [-0.4, -0.2) is 37.9 Å². The second kappa shape index (κ2) is 11.8. The van der Waals surface area contributed by atoms with Crippen LogP contribution in [0.5, 0.6) is 5.75 Å². The number of hydrogen-bond donors (Lipinski definition) is 0. The fraction of sp³-hybridized carbons (Fsp3) is 0.500. The molecule has 4 nitrogen and oxygen atoms in total. The Kier molecular flexibility index (Phi) is 8.76. The molecule has 0 aliphatic carbocycles. The Morgan fingerprint density at radius 2 is 1.80 bits per heavy atom. The summed E-state index contributed by atoms with van der Waals surface area (Å²) >= 11 is 0. The molecule has 1 unspecified atom stereocenters. The first kappa shape index (κ1) is 22.4. The van der Waals surface area contributed by atoms with Gasteiger partial charge in [-0.15, -0.1) is 0 Å². The van der Waals surface area contributed by atoms with E-state index in [1.165, 1.54) is 42.7 Å². The van der Waals surface area contributed by atoms with E-state index in [2.05, 4.69) is 53.1 Å². The van der Waals surface area contributed by atoms with Crippen molar-refractivity contribution in [1.29, 1.82) is 0 Å². The minimum absolute atomic E-state index is 0.333. The molecule has 0 N–H and O–H groups in total. The van der Waals surface area contributed by atoms with Crippen molar-refractivity contribution >= 4 is 12.0 Å². The summed E-state index contributed by atoms with van der Waals surface area (Å²) in [6.45, 7) is 6.39. The van der Waals surface area contributed by atoms with Gasteiger partial charge in [0.15, 0.2) is 0 Å². The van der Waals surface area contributed by atoms with E-state index in [0.717, 1.165) is 44.4 Å². The maximum Gasteiger partial charge on any atom is 0.123 e. The molecular formula is C26H36N2O2. The van der Waals surface area contributed by atoms with Crippen LogP contribution in [0.25, 0.3) is 0 Å². The predicted molar refractivity (Wildman–Crippen MR) is 124 cm³/mol. The van der Waals surface area contributed by atoms with Crippen LogP contribution in [0, 0.1) is 0 Å². The molecule has 1 aliphatic heterocycles. The van der Waals surface area contributed by atoms with Crippen molar-refractivity contribution in [3.63, 3.8) is 0 Å². The maximum atomic E-state index is 10.8. The number of carbonyl (C=O) groups is 1. The fourth-order valence-electron chi connectivity index (χ4n) is 4.50. The quantitative estimate of drug-likeness (QED) is 0.337. The number of aldehydes is 1. The lowest BCUT2D eigenvalue weighted by molar-refractivity contribution is -0.107. The van der Waals surface area contributed by atoms with Gasteiger partial charge < -0.3 is 14.4 Å². The molecule has 1 fully saturated rings. The van der Waals surface area contributed by atoms with Gasteiger partial charge in [-0.05, 0) is 56.0 Å². The summed E-state index contributed by atoms with van der Waals surface area (Å²) in [5.74, 6) is 0.944. The van der Waals surface area contributed by atoms with E-state index in [9.17, 15) is 4.79 Å². The van der Waals surface area contributed by atoms with Crippen LogP contribution in [0.3, 0.4) is 0 Å². The van der Waals surface area contributed by atoms with E-state index in [4.69, 9.17) is 4.74 Å². The van der Waals surface area contributed by atoms with Gasteiger partial charge in [0.1, 0.15) is 12.0 Å². The summed E-state index contributed by atoms with van der Waals surface area (Å²) in [5.41, 5.74) is 3.91. The Hall–Kier alpha value is -2.33. The first-order valence-electron chi connectivity index (χ1n) is 11.4. The molecule has 0 amide bonds. The normalized spacial score (nSPS) is 14.8. The Balaban J connectivity index is 1.79. The highest BCUT2D eigenvalue weighted by Crippen LogP contribution is 2.32. The number of carbonyl (C=O) groups excluding carboxylic acids is 1. The lowest BCUT2D eigenvalue weighted by atomic mass is 9.97. The molecule has 1 saturated heterocycles. The highest BCUT2D eigenvalue weighted by molar-refractivity contribution is 5.49. The molecule has 30 heavy (non-hydrogen) atoms. The van der Waals surface area contributed by atoms with E-state index in [-0.39, 0.29) is 0 Å². The van der Waals surface area contributed by atoms with E-state index >= 15 is 0 Å². The summed E-state index contributed by atoms with van der Waals surface area (Å²) in [5, 5.41) is 0. The molecule has 2 aromatic rings. The average molecular weight is 409 g/mol. The highest BCUT2D eigenvalue weighted by Gasteiger charge is 2.21. The topological polar surface area (TPSA) is 32.8 Å². The van der Waals surface area contributed by atoms with Crippen LogP contribution < -0.4 is 9.64 Å². The highest BCUT2D eigenvalue weighted by atomic mass is 16.5. The van der Waals surface area contributed by atoms with Gasteiger partial charge in [-0.25, -0.2) is 0 Å². The van der Waals surface area contributed by atoms with Crippen molar-refractivity contribution in [3.05, 3.63) is 59.7 Å². The molecule has 1 aliphatic rings. The lowest BCUT2D eigenvalue weighted by Gasteiger charge is -2.32. The van der Waals surface area contributed by atoms with Crippen molar-refractivity contribution in [2.45, 2.75) is 58.0 Å². The monoisotopic (exact) mass is 408 g/mol. The number of hydrogen-bond acceptors (Lipinski definition) is 4. The van der Waals surface area contributed by atoms with Gasteiger partial charge in [0.05, 0.1) is 7.11 Å². The molecule has 0 bridgehead atoms. The van der Waals surface area contributed by atoms with Crippen LogP contribution in [-0.2, 0) is 11.3 Å². The molecule has 0 spiro atoms. The number of para-hydroxylation sites is 1. The fourth-order valence-corrected chi connectivity index (χ4v) is 4.50. The first-order chi connectivity index (χ1) is 14.8. The Bertz CT molecular complexity index is 769. The second-order valence-corrected chi connectivity index (χ2v) is 8.13. The molecular weight excluding hydrogens is 372 g/mol. The van der Waals surface area contributed by atoms with E-state index in [1.54, 1.807) is 7.11 Å². The zero-order chi connectivity index (χ0) is 21.2. The van der Waals surface area contributed by atoms with Gasteiger partial charge in [0.2, 0.25) is 0 Å². The molecule has 4 heteroatoms. The third-order valence-electron chi connectivity index (χ3n) is 6.21. The van der Waals surface area contributed by atoms with Gasteiger partial charge in [-0.1, -0.05) is 43.7 Å². The number of anilines is 1. The minimum atomic E-state index is 0.333. The van der Waals surface area contributed by atoms with Gasteiger partial charge in [-0.3, -0.25) is 4.90 Å². The van der Waals surface area contributed by atoms with Crippen LogP contribution in [0.4, 0.5) is 5.69 Å². The lowest BCUT2D eigenvalue weighted by Crippen LogP contribution is -2.28. The summed E-state index contributed by atoms with van der Waals surface area (Å²) in [4.78, 5) is 15.8. The smallest absolute Gasteiger partial charge is 0.123 e. The number of benzene rings is 2. The molecule has 1 heterocycles. The van der Waals surface area contributed by atoms with Gasteiger partial charge in [0, 0.05) is 43.3 Å². The molecule has 0 aromatic heterocycles. The third kappa shape index (κ3) is 5.85. The van der Waals surface area contributed by atoms with Crippen molar-refractivity contribution in [3.8, 4) is 5.75 Å². The number of rotatable bonds is 12. The standard InChI is InChI=1S/C26H36N2O2/c1-3-27(21-23-11-6-7-13-26(23)30-2)25(12-5-4-10-20-29)22-14-16-24(17-15-22)28-18-8-9-19-28/h6-7,11,13-17,20,25H,3-5,8-10,12,18-19,21H2,1-2H3. The zero-order valence-corrected chi connectivity index (χ0v) is 18.6. The average Bonchev–Trinajstić information content (AvgIpc) is 3.33. The Labute approximate surface area is 181 Å². The Morgan fingerprint density at radius 1 is 1.07 bits per heavy atom. The van der Waals surface area contributed by atoms with Crippen molar-refractivity contribution in [2.24, 2.45) is 0 Å². The first-order valence-corrected chi connectivity index (χ1v) is 11.4. The molecule has 0 saturated carbocycles. The van der Waals surface area contributed by atoms with Crippen molar-refractivity contribution < 1.29 is 9.53 Å². The minimum Gasteiger partial charge on any atom is -0.496 e. The number of nitrogens with zero attached hydrogens (tertiary/aromatic N) is 2. The second-order valence-electron chi connectivity index (χ2n) is 8.13. The van der Waals surface area contributed by atoms with Crippen LogP contribution in [0.1, 0.15) is 62.6 Å². The van der Waals surface area contributed by atoms with E-state index in [1.807, 2.05) is 12.1 Å². The van der Waals surface area contributed by atoms with Crippen molar-refractivity contribution in [2.75, 3.05) is 31.6 Å². The van der Waals surface area contributed by atoms with E-state index in [0.29, 0.717) is 12.5 Å². The molecule has 1 atom stereocenters. The summed E-state index contributed by atoms with van der Waals surface area (Å²) in [6, 6.07) is 17.8. The SMILES string of the molecule is CCN(Cc1ccccc1OC)C(CCCCC=O)c1ccc(N2CCCC2)cc1. The van der Waals surface area contributed by atoms with Crippen LogP contribution >= 0.6 is 0 Å². The van der Waals surface area contributed by atoms with Gasteiger partial charge >= 0.3 is 0 Å². The van der Waals surface area contributed by atoms with Gasteiger partial charge in [0.25, 0.3) is 0 Å². The zero-order valence-electron chi connectivity index (χ0n) is 18.6. The Morgan fingerprint density at radius 3 is 2.47 bits per heavy atom. The predicted octanol–water partition coefficient (Wildman–Crippen LogP) is 5.62. The van der Waals surface area contributed by atoms with E-state index < -0.39 is 0 Å². The summed E-state index contributed by atoms with van der Waals surface area (Å²) in [6.07, 6.45) is 7.34. The van der Waals surface area contributed by atoms with Crippen molar-refractivity contribution in [1.82, 2.24) is 4.90 Å². The molecule has 0 radical (unpaired) electrons. The van der Waals surface area contributed by atoms with Crippen LogP contribution in [0.2, 0.25) is 0 Å². The largest absolute Gasteiger partial charge is 0.496 e. The molecule has 2 aromatic carbocycles. The summed E-state index contributed by atoms with van der Waals surface area (Å²) < 4.78 is 5.59. The summed E-state index contributed by atoms with van der Waals surface area (Å²) in [7, 11) is 1.74. The molecule has 162 valence electrons. The van der Waals surface area contributed by atoms with Crippen LogP contribution in [0.15, 0.2) is 48.5 Å². The maximum absolute atomic E-state index is 10.8. The number of ether oxygens (including phenoxy) is 1. The third-order valence-corrected chi connectivity index (χ3v) is 6.21. The number of unbranched alkanes of at least 4 members (excludes halogenated alkanes) is 2.